The molecule has 0 aliphatic heterocycles. The lowest BCUT2D eigenvalue weighted by Gasteiger charge is -2.04. The van der Waals surface area contributed by atoms with Crippen LogP contribution in [0.2, 0.25) is 0 Å². The summed E-state index contributed by atoms with van der Waals surface area (Å²) in [5, 5.41) is 7.82. The Bertz CT molecular complexity index is 588. The van der Waals surface area contributed by atoms with Crippen LogP contribution < -0.4 is 0 Å². The quantitative estimate of drug-likeness (QED) is 0.628. The maximum Gasteiger partial charge on any atom is 0.319 e. The highest BCUT2D eigenvalue weighted by molar-refractivity contribution is 9.10. The van der Waals surface area contributed by atoms with Crippen LogP contribution in [0.4, 0.5) is 0 Å². The van der Waals surface area contributed by atoms with E-state index in [1.807, 2.05) is 24.3 Å². The van der Waals surface area contributed by atoms with Crippen LogP contribution in [0.25, 0.3) is 11.5 Å². The number of esters is 1. The molecule has 100 valence electrons. The summed E-state index contributed by atoms with van der Waals surface area (Å²) in [6.07, 6.45) is 0. The van der Waals surface area contributed by atoms with E-state index >= 15 is 0 Å². The molecule has 0 saturated carbocycles. The van der Waals surface area contributed by atoms with Gasteiger partial charge in [0, 0.05) is 4.47 Å². The number of ether oxygens (including phenoxy) is 1. The first-order valence-corrected chi connectivity index (χ1v) is 7.12. The minimum absolute atomic E-state index is 0.328. The van der Waals surface area contributed by atoms with E-state index in [-0.39, 0.29) is 5.97 Å². The van der Waals surface area contributed by atoms with Crippen molar-refractivity contribution < 1.29 is 13.9 Å². The van der Waals surface area contributed by atoms with E-state index in [0.717, 1.165) is 10.0 Å². The molecule has 0 radical (unpaired) electrons. The minimum Gasteiger partial charge on any atom is -0.468 e. The molecule has 0 aliphatic rings. The Hall–Kier alpha value is -1.34. The van der Waals surface area contributed by atoms with E-state index in [1.54, 1.807) is 6.92 Å². The molecule has 19 heavy (non-hydrogen) atoms. The lowest BCUT2D eigenvalue weighted by atomic mass is 10.2. The molecule has 0 bridgehead atoms. The zero-order valence-electron chi connectivity index (χ0n) is 10.3. The van der Waals surface area contributed by atoms with Crippen LogP contribution in [0.3, 0.4) is 0 Å². The maximum atomic E-state index is 11.3. The van der Waals surface area contributed by atoms with E-state index in [0.29, 0.717) is 11.1 Å². The van der Waals surface area contributed by atoms with Gasteiger partial charge < -0.3 is 9.15 Å². The second kappa shape index (κ2) is 6.21. The normalized spacial score (nSPS) is 12.2. The molecule has 5 nitrogen and oxygen atoms in total. The number of carbonyl (C=O) groups excluding carboxylic acids is 1. The van der Waals surface area contributed by atoms with Crippen molar-refractivity contribution in [1.82, 2.24) is 10.2 Å². The van der Waals surface area contributed by atoms with Crippen molar-refractivity contribution in [3.05, 3.63) is 28.7 Å². The largest absolute Gasteiger partial charge is 0.468 e. The lowest BCUT2D eigenvalue weighted by Crippen LogP contribution is -2.14. The molecule has 0 amide bonds. The predicted molar refractivity (Wildman–Crippen MR) is 74.8 cm³/mol. The summed E-state index contributed by atoms with van der Waals surface area (Å²) in [4.78, 5) is 11.3. The molecule has 2 rings (SSSR count). The van der Waals surface area contributed by atoms with Gasteiger partial charge in [0.2, 0.25) is 5.89 Å². The van der Waals surface area contributed by atoms with Gasteiger partial charge in [-0.15, -0.1) is 10.2 Å². The number of hydrogen-bond donors (Lipinski definition) is 0. The highest BCUT2D eigenvalue weighted by atomic mass is 79.9. The molecule has 0 saturated heterocycles. The van der Waals surface area contributed by atoms with E-state index in [2.05, 4.69) is 30.9 Å². The minimum atomic E-state index is -0.391. The Morgan fingerprint density at radius 1 is 1.42 bits per heavy atom. The Labute approximate surface area is 122 Å². The summed E-state index contributed by atoms with van der Waals surface area (Å²) in [5.74, 6) is 0.0812. The summed E-state index contributed by atoms with van der Waals surface area (Å²) in [7, 11) is 1.35. The molecule has 1 aromatic heterocycles. The molecule has 7 heteroatoms. The second-order valence-electron chi connectivity index (χ2n) is 3.64. The third kappa shape index (κ3) is 3.36. The maximum absolute atomic E-state index is 11.3. The number of aromatic nitrogens is 2. The van der Waals surface area contributed by atoms with Crippen LogP contribution in [-0.4, -0.2) is 28.5 Å². The van der Waals surface area contributed by atoms with Gasteiger partial charge in [-0.2, -0.15) is 0 Å². The molecule has 0 unspecified atom stereocenters. The van der Waals surface area contributed by atoms with Crippen molar-refractivity contribution >= 4 is 33.7 Å². The SMILES string of the molecule is COC(=O)[C@H](C)Sc1nnc(-c2ccccc2Br)o1. The van der Waals surface area contributed by atoms with E-state index in [4.69, 9.17) is 4.42 Å². The fraction of sp³-hybridized carbons (Fsp3) is 0.250. The van der Waals surface area contributed by atoms with Gasteiger partial charge in [-0.05, 0) is 35.0 Å². The van der Waals surface area contributed by atoms with Gasteiger partial charge in [-0.3, -0.25) is 4.79 Å². The number of carbonyl (C=O) groups is 1. The molecule has 0 N–H and O–H groups in total. The van der Waals surface area contributed by atoms with Gasteiger partial charge in [0.1, 0.15) is 5.25 Å². The smallest absolute Gasteiger partial charge is 0.319 e. The van der Waals surface area contributed by atoms with Crippen LogP contribution in [0.15, 0.2) is 38.4 Å². The molecule has 0 spiro atoms. The van der Waals surface area contributed by atoms with Gasteiger partial charge in [0.25, 0.3) is 5.22 Å². The molecule has 1 heterocycles. The van der Waals surface area contributed by atoms with Gasteiger partial charge in [-0.25, -0.2) is 0 Å². The van der Waals surface area contributed by atoms with Gasteiger partial charge in [0.05, 0.1) is 12.7 Å². The molecule has 2 aromatic rings. The Morgan fingerprint density at radius 2 is 2.16 bits per heavy atom. The van der Waals surface area contributed by atoms with Gasteiger partial charge in [0.15, 0.2) is 0 Å². The Kier molecular flexibility index (Phi) is 4.60. The first kappa shape index (κ1) is 14.1. The van der Waals surface area contributed by atoms with E-state index in [1.165, 1.54) is 18.9 Å². The first-order valence-electron chi connectivity index (χ1n) is 5.44. The Morgan fingerprint density at radius 3 is 2.84 bits per heavy atom. The third-order valence-electron chi connectivity index (χ3n) is 2.32. The summed E-state index contributed by atoms with van der Waals surface area (Å²) in [6.45, 7) is 1.72. The number of methoxy groups -OCH3 is 1. The lowest BCUT2D eigenvalue weighted by molar-refractivity contribution is -0.139. The van der Waals surface area contributed by atoms with Crippen molar-refractivity contribution in [2.24, 2.45) is 0 Å². The molecule has 0 aliphatic carbocycles. The monoisotopic (exact) mass is 342 g/mol. The highest BCUT2D eigenvalue weighted by Gasteiger charge is 2.19. The van der Waals surface area contributed by atoms with Crippen LogP contribution in [-0.2, 0) is 9.53 Å². The third-order valence-corrected chi connectivity index (χ3v) is 3.93. The van der Waals surface area contributed by atoms with Crippen molar-refractivity contribution in [3.8, 4) is 11.5 Å². The second-order valence-corrected chi connectivity index (χ2v) is 5.78. The van der Waals surface area contributed by atoms with Crippen LogP contribution in [0, 0.1) is 0 Å². The van der Waals surface area contributed by atoms with Gasteiger partial charge in [-0.1, -0.05) is 23.9 Å². The van der Waals surface area contributed by atoms with Gasteiger partial charge >= 0.3 is 5.97 Å². The number of rotatable bonds is 4. The molecule has 0 fully saturated rings. The number of benzene rings is 1. The molecule has 1 aromatic carbocycles. The standard InChI is InChI=1S/C12H11BrN2O3S/c1-7(11(16)17-2)19-12-15-14-10(18-12)8-5-3-4-6-9(8)13/h3-7H,1-2H3/t7-/m0/s1. The Balaban J connectivity index is 2.16. The van der Waals surface area contributed by atoms with Crippen LogP contribution >= 0.6 is 27.7 Å². The fourth-order valence-electron chi connectivity index (χ4n) is 1.37. The van der Waals surface area contributed by atoms with E-state index in [9.17, 15) is 4.79 Å². The van der Waals surface area contributed by atoms with Crippen molar-refractivity contribution in [1.29, 1.82) is 0 Å². The average Bonchev–Trinajstić information content (AvgIpc) is 2.86. The van der Waals surface area contributed by atoms with Crippen LogP contribution in [0.5, 0.6) is 0 Å². The zero-order chi connectivity index (χ0) is 13.8. The zero-order valence-corrected chi connectivity index (χ0v) is 12.7. The first-order chi connectivity index (χ1) is 9.11. The van der Waals surface area contributed by atoms with Crippen molar-refractivity contribution in [2.45, 2.75) is 17.4 Å². The topological polar surface area (TPSA) is 65.2 Å². The molecular formula is C12H11BrN2O3S. The summed E-state index contributed by atoms with van der Waals surface area (Å²) >= 11 is 4.59. The van der Waals surface area contributed by atoms with Crippen molar-refractivity contribution in [3.63, 3.8) is 0 Å². The summed E-state index contributed by atoms with van der Waals surface area (Å²) in [5.41, 5.74) is 0.813. The molecular weight excluding hydrogens is 332 g/mol. The number of hydrogen-bond acceptors (Lipinski definition) is 6. The molecule has 1 atom stereocenters. The predicted octanol–water partition coefficient (Wildman–Crippen LogP) is 3.15. The highest BCUT2D eigenvalue weighted by Crippen LogP contribution is 2.30. The number of halogens is 1. The summed E-state index contributed by atoms with van der Waals surface area (Å²) < 4.78 is 11.0. The van der Waals surface area contributed by atoms with Crippen molar-refractivity contribution in [2.75, 3.05) is 7.11 Å². The fourth-order valence-corrected chi connectivity index (χ4v) is 2.53. The van der Waals surface area contributed by atoms with Crippen LogP contribution in [0.1, 0.15) is 6.92 Å². The number of thioether (sulfide) groups is 1. The number of nitrogens with zero attached hydrogens (tertiary/aromatic N) is 2. The van der Waals surface area contributed by atoms with E-state index < -0.39 is 5.25 Å². The average molecular weight is 343 g/mol. The summed E-state index contributed by atoms with van der Waals surface area (Å²) in [6, 6.07) is 7.55.